The lowest BCUT2D eigenvalue weighted by Crippen LogP contribution is -2.42. The number of carboxylic acids is 1. The van der Waals surface area contributed by atoms with Gasteiger partial charge in [-0.3, -0.25) is 9.59 Å². The Morgan fingerprint density at radius 2 is 1.89 bits per heavy atom. The third-order valence-electron chi connectivity index (χ3n) is 2.65. The van der Waals surface area contributed by atoms with Crippen LogP contribution in [-0.4, -0.2) is 33.9 Å². The molecule has 0 fully saturated rings. The van der Waals surface area contributed by atoms with Gasteiger partial charge in [-0.2, -0.15) is 0 Å². The highest BCUT2D eigenvalue weighted by atomic mass is 16.4. The monoisotopic (exact) mass is 253 g/mol. The standard InChI is InChI=1S/C11H15N3O4/c1-4-7(5(2)13-8(4)11(17)18)10(16)14-6(3)9(12)15/h6,13H,1-3H3,(H2,12,15)(H,14,16)(H,17,18). The van der Waals surface area contributed by atoms with Gasteiger partial charge in [-0.05, 0) is 26.3 Å². The average molecular weight is 253 g/mol. The van der Waals surface area contributed by atoms with Crippen molar-refractivity contribution in [2.45, 2.75) is 26.8 Å². The molecule has 0 aliphatic heterocycles. The molecule has 1 aromatic heterocycles. The molecule has 0 aliphatic carbocycles. The van der Waals surface area contributed by atoms with Crippen LogP contribution in [0.2, 0.25) is 0 Å². The molecule has 1 heterocycles. The molecule has 0 aromatic carbocycles. The third kappa shape index (κ3) is 2.50. The van der Waals surface area contributed by atoms with E-state index in [4.69, 9.17) is 10.8 Å². The Labute approximate surface area is 103 Å². The number of nitrogens with one attached hydrogen (secondary N) is 2. The minimum atomic E-state index is -1.14. The number of aromatic carboxylic acids is 1. The zero-order valence-electron chi connectivity index (χ0n) is 10.3. The van der Waals surface area contributed by atoms with Gasteiger partial charge in [0.15, 0.2) is 0 Å². The first kappa shape index (κ1) is 13.8. The predicted octanol–water partition coefficient (Wildman–Crippen LogP) is -0.0667. The van der Waals surface area contributed by atoms with Crippen LogP contribution < -0.4 is 11.1 Å². The number of rotatable bonds is 4. The van der Waals surface area contributed by atoms with E-state index in [1.54, 1.807) is 6.92 Å². The van der Waals surface area contributed by atoms with Crippen molar-refractivity contribution in [2.75, 3.05) is 0 Å². The van der Waals surface area contributed by atoms with Crippen molar-refractivity contribution in [1.29, 1.82) is 0 Å². The van der Waals surface area contributed by atoms with Crippen LogP contribution >= 0.6 is 0 Å². The van der Waals surface area contributed by atoms with E-state index in [0.29, 0.717) is 11.3 Å². The summed E-state index contributed by atoms with van der Waals surface area (Å²) in [5.74, 6) is -2.33. The Balaban J connectivity index is 3.07. The summed E-state index contributed by atoms with van der Waals surface area (Å²) >= 11 is 0. The molecule has 0 saturated carbocycles. The van der Waals surface area contributed by atoms with E-state index in [1.807, 2.05) is 0 Å². The number of carbonyl (C=O) groups excluding carboxylic acids is 2. The second-order valence-corrected chi connectivity index (χ2v) is 4.03. The lowest BCUT2D eigenvalue weighted by atomic mass is 10.1. The summed E-state index contributed by atoms with van der Waals surface area (Å²) in [6.45, 7) is 4.57. The number of aryl methyl sites for hydroxylation is 1. The Morgan fingerprint density at radius 3 is 2.28 bits per heavy atom. The van der Waals surface area contributed by atoms with Crippen molar-refractivity contribution < 1.29 is 19.5 Å². The van der Waals surface area contributed by atoms with Crippen molar-refractivity contribution in [3.05, 3.63) is 22.5 Å². The van der Waals surface area contributed by atoms with Crippen LogP contribution in [0.15, 0.2) is 0 Å². The maximum atomic E-state index is 11.9. The zero-order chi connectivity index (χ0) is 14.0. The first-order valence-electron chi connectivity index (χ1n) is 5.28. The topological polar surface area (TPSA) is 125 Å². The van der Waals surface area contributed by atoms with Crippen molar-refractivity contribution in [3.8, 4) is 0 Å². The Hall–Kier alpha value is -2.31. The van der Waals surface area contributed by atoms with Crippen molar-refractivity contribution >= 4 is 17.8 Å². The van der Waals surface area contributed by atoms with E-state index < -0.39 is 23.8 Å². The number of carboxylic acid groups (broad SMARTS) is 1. The second kappa shape index (κ2) is 4.91. The minimum absolute atomic E-state index is 0.0376. The SMILES string of the molecule is Cc1[nH]c(C(=O)O)c(C)c1C(=O)NC(C)C(N)=O. The number of amides is 2. The molecule has 5 N–H and O–H groups in total. The van der Waals surface area contributed by atoms with Gasteiger partial charge < -0.3 is 21.1 Å². The van der Waals surface area contributed by atoms with Crippen LogP contribution in [-0.2, 0) is 4.79 Å². The fourth-order valence-corrected chi connectivity index (χ4v) is 1.64. The number of hydrogen-bond donors (Lipinski definition) is 4. The molecule has 1 atom stereocenters. The summed E-state index contributed by atoms with van der Waals surface area (Å²) < 4.78 is 0. The van der Waals surface area contributed by atoms with E-state index in [9.17, 15) is 14.4 Å². The summed E-state index contributed by atoms with van der Waals surface area (Å²) in [7, 11) is 0. The van der Waals surface area contributed by atoms with Crippen LogP contribution in [0.1, 0.15) is 39.0 Å². The molecule has 18 heavy (non-hydrogen) atoms. The van der Waals surface area contributed by atoms with Gasteiger partial charge in [0.05, 0.1) is 5.56 Å². The molecule has 0 radical (unpaired) electrons. The normalized spacial score (nSPS) is 11.9. The first-order valence-corrected chi connectivity index (χ1v) is 5.28. The van der Waals surface area contributed by atoms with E-state index >= 15 is 0 Å². The number of nitrogens with two attached hydrogens (primary N) is 1. The summed E-state index contributed by atoms with van der Waals surface area (Å²) in [5.41, 5.74) is 5.98. The fourth-order valence-electron chi connectivity index (χ4n) is 1.64. The number of aromatic nitrogens is 1. The molecule has 1 aromatic rings. The highest BCUT2D eigenvalue weighted by molar-refractivity contribution is 6.02. The van der Waals surface area contributed by atoms with Crippen LogP contribution in [0.25, 0.3) is 0 Å². The Kier molecular flexibility index (Phi) is 3.75. The molecule has 0 aliphatic rings. The fraction of sp³-hybridized carbons (Fsp3) is 0.364. The maximum Gasteiger partial charge on any atom is 0.352 e. The lowest BCUT2D eigenvalue weighted by Gasteiger charge is -2.10. The van der Waals surface area contributed by atoms with Gasteiger partial charge in [0.25, 0.3) is 5.91 Å². The number of carbonyl (C=O) groups is 3. The molecule has 0 saturated heterocycles. The summed E-state index contributed by atoms with van der Waals surface area (Å²) in [6.07, 6.45) is 0. The molecule has 1 unspecified atom stereocenters. The highest BCUT2D eigenvalue weighted by Gasteiger charge is 2.23. The van der Waals surface area contributed by atoms with Gasteiger partial charge in [-0.25, -0.2) is 4.79 Å². The minimum Gasteiger partial charge on any atom is -0.477 e. The van der Waals surface area contributed by atoms with Crippen LogP contribution in [0.4, 0.5) is 0 Å². The van der Waals surface area contributed by atoms with Crippen LogP contribution in [0.3, 0.4) is 0 Å². The highest BCUT2D eigenvalue weighted by Crippen LogP contribution is 2.17. The quantitative estimate of drug-likeness (QED) is 0.599. The van der Waals surface area contributed by atoms with Gasteiger partial charge in [0.1, 0.15) is 11.7 Å². The van der Waals surface area contributed by atoms with Crippen molar-refractivity contribution in [2.24, 2.45) is 5.73 Å². The van der Waals surface area contributed by atoms with Gasteiger partial charge in [-0.1, -0.05) is 0 Å². The van der Waals surface area contributed by atoms with Crippen molar-refractivity contribution in [1.82, 2.24) is 10.3 Å². The molecule has 0 bridgehead atoms. The second-order valence-electron chi connectivity index (χ2n) is 4.03. The number of hydrogen-bond acceptors (Lipinski definition) is 3. The summed E-state index contributed by atoms with van der Waals surface area (Å²) in [5, 5.41) is 11.3. The van der Waals surface area contributed by atoms with Gasteiger partial charge in [0, 0.05) is 5.69 Å². The Morgan fingerprint density at radius 1 is 1.33 bits per heavy atom. The van der Waals surface area contributed by atoms with E-state index in [2.05, 4.69) is 10.3 Å². The predicted molar refractivity (Wildman–Crippen MR) is 63.3 cm³/mol. The van der Waals surface area contributed by atoms with Gasteiger partial charge in [-0.15, -0.1) is 0 Å². The summed E-state index contributed by atoms with van der Waals surface area (Å²) in [4.78, 5) is 36.3. The van der Waals surface area contributed by atoms with Gasteiger partial charge >= 0.3 is 5.97 Å². The van der Waals surface area contributed by atoms with E-state index in [0.717, 1.165) is 0 Å². The molecule has 98 valence electrons. The molecule has 0 spiro atoms. The van der Waals surface area contributed by atoms with Crippen LogP contribution in [0.5, 0.6) is 0 Å². The smallest absolute Gasteiger partial charge is 0.352 e. The molecular formula is C11H15N3O4. The van der Waals surface area contributed by atoms with E-state index in [1.165, 1.54) is 13.8 Å². The summed E-state index contributed by atoms with van der Waals surface area (Å²) in [6, 6.07) is -0.820. The number of primary amides is 1. The molecular weight excluding hydrogens is 238 g/mol. The first-order chi connectivity index (χ1) is 8.25. The van der Waals surface area contributed by atoms with Crippen molar-refractivity contribution in [3.63, 3.8) is 0 Å². The maximum absolute atomic E-state index is 11.9. The zero-order valence-corrected chi connectivity index (χ0v) is 10.3. The molecule has 1 rings (SSSR count). The molecule has 2 amide bonds. The largest absolute Gasteiger partial charge is 0.477 e. The van der Waals surface area contributed by atoms with Gasteiger partial charge in [0.2, 0.25) is 5.91 Å². The third-order valence-corrected chi connectivity index (χ3v) is 2.65. The molecule has 7 nitrogen and oxygen atoms in total. The number of H-pyrrole nitrogens is 1. The number of aromatic amines is 1. The lowest BCUT2D eigenvalue weighted by molar-refractivity contribution is -0.119. The van der Waals surface area contributed by atoms with Crippen LogP contribution in [0, 0.1) is 13.8 Å². The Bertz CT molecular complexity index is 519. The van der Waals surface area contributed by atoms with E-state index in [-0.39, 0.29) is 11.3 Å². The molecule has 7 heteroatoms. The average Bonchev–Trinajstić information content (AvgIpc) is 2.53.